The van der Waals surface area contributed by atoms with Crippen molar-refractivity contribution < 1.29 is 24.0 Å². The van der Waals surface area contributed by atoms with Crippen LogP contribution in [0.2, 0.25) is 0 Å². The van der Waals surface area contributed by atoms with Gasteiger partial charge in [-0.1, -0.05) is 0 Å². The van der Waals surface area contributed by atoms with Crippen LogP contribution < -0.4 is 5.32 Å². The molecule has 0 aromatic heterocycles. The molecule has 0 spiro atoms. The van der Waals surface area contributed by atoms with Crippen molar-refractivity contribution in [2.75, 3.05) is 0 Å². The summed E-state index contributed by atoms with van der Waals surface area (Å²) in [4.78, 5) is 70.2. The van der Waals surface area contributed by atoms with Gasteiger partial charge in [0.15, 0.2) is 0 Å². The Kier molecular flexibility index (Phi) is 3.32. The zero-order valence-electron chi connectivity index (χ0n) is 11.6. The van der Waals surface area contributed by atoms with Gasteiger partial charge in [-0.15, -0.1) is 4.91 Å². The lowest BCUT2D eigenvalue weighted by atomic mass is 10.0. The summed E-state index contributed by atoms with van der Waals surface area (Å²) < 4.78 is 0. The molecule has 0 aliphatic carbocycles. The van der Waals surface area contributed by atoms with E-state index in [9.17, 15) is 28.9 Å². The number of hydrogen-bond acceptors (Lipinski definition) is 6. The Morgan fingerprint density at radius 3 is 2.48 bits per heavy atom. The molecule has 9 nitrogen and oxygen atoms in total. The van der Waals surface area contributed by atoms with Crippen molar-refractivity contribution in [2.24, 2.45) is 5.18 Å². The average Bonchev–Trinajstić information content (AvgIpc) is 2.78. The van der Waals surface area contributed by atoms with Crippen LogP contribution >= 0.6 is 0 Å². The van der Waals surface area contributed by atoms with Gasteiger partial charge < -0.3 is 0 Å². The topological polar surface area (TPSA) is 130 Å². The van der Waals surface area contributed by atoms with Crippen LogP contribution in [0.1, 0.15) is 43.9 Å². The second-order valence-electron chi connectivity index (χ2n) is 5.10. The Labute approximate surface area is 128 Å². The third kappa shape index (κ3) is 2.22. The molecule has 0 bridgehead atoms. The molecule has 0 saturated carbocycles. The lowest BCUT2D eigenvalue weighted by Gasteiger charge is -2.27. The van der Waals surface area contributed by atoms with Crippen molar-refractivity contribution in [1.29, 1.82) is 0 Å². The summed E-state index contributed by atoms with van der Waals surface area (Å²) in [7, 11) is 0. The number of piperidine rings is 1. The van der Waals surface area contributed by atoms with Crippen LogP contribution in [0.15, 0.2) is 23.4 Å². The predicted octanol–water partition coefficient (Wildman–Crippen LogP) is -0.00560. The maximum atomic E-state index is 12.4. The standard InChI is InChI=1S/C14H9N3O6/c18-10-4-3-9(12(20)15-10)17-13(21)7-2-1-6(11(19)16-23)5-8(7)14(17)22/h1-2,5,9H,3-4H2,(H,15,18,20). The van der Waals surface area contributed by atoms with Gasteiger partial charge in [-0.05, 0) is 24.6 Å². The zero-order chi connectivity index (χ0) is 16.7. The van der Waals surface area contributed by atoms with Gasteiger partial charge >= 0.3 is 5.91 Å². The number of carbonyl (C=O) groups excluding carboxylic acids is 5. The van der Waals surface area contributed by atoms with Crippen molar-refractivity contribution in [3.8, 4) is 0 Å². The van der Waals surface area contributed by atoms with E-state index in [1.54, 1.807) is 0 Å². The number of nitrogens with one attached hydrogen (secondary N) is 1. The van der Waals surface area contributed by atoms with Crippen LogP contribution in [0.25, 0.3) is 0 Å². The number of nitrogens with zero attached hydrogens (tertiary/aromatic N) is 2. The molecule has 1 saturated heterocycles. The first-order valence-electron chi connectivity index (χ1n) is 6.67. The number of hydrogen-bond donors (Lipinski definition) is 1. The fourth-order valence-electron chi connectivity index (χ4n) is 2.66. The molecule has 2 aliphatic rings. The monoisotopic (exact) mass is 315 g/mol. The molecule has 23 heavy (non-hydrogen) atoms. The molecule has 2 aliphatic heterocycles. The third-order valence-corrected chi connectivity index (χ3v) is 3.77. The molecule has 3 rings (SSSR count). The van der Waals surface area contributed by atoms with Crippen molar-refractivity contribution in [3.63, 3.8) is 0 Å². The second-order valence-corrected chi connectivity index (χ2v) is 5.10. The van der Waals surface area contributed by atoms with Crippen LogP contribution in [-0.4, -0.2) is 40.5 Å². The molecule has 1 aromatic carbocycles. The van der Waals surface area contributed by atoms with E-state index in [1.165, 1.54) is 12.1 Å². The minimum atomic E-state index is -1.08. The van der Waals surface area contributed by atoms with Crippen LogP contribution in [-0.2, 0) is 9.59 Å². The Morgan fingerprint density at radius 1 is 1.13 bits per heavy atom. The molecule has 1 unspecified atom stereocenters. The van der Waals surface area contributed by atoms with E-state index in [2.05, 4.69) is 10.5 Å². The molecule has 116 valence electrons. The van der Waals surface area contributed by atoms with Crippen LogP contribution in [0, 0.1) is 4.91 Å². The van der Waals surface area contributed by atoms with Gasteiger partial charge in [-0.2, -0.15) is 0 Å². The smallest absolute Gasteiger partial charge is 0.295 e. The van der Waals surface area contributed by atoms with Crippen LogP contribution in [0.4, 0.5) is 0 Å². The molecule has 5 amide bonds. The van der Waals surface area contributed by atoms with E-state index in [-0.39, 0.29) is 29.5 Å². The van der Waals surface area contributed by atoms with Gasteiger partial charge in [0.25, 0.3) is 11.8 Å². The Morgan fingerprint density at radius 2 is 1.83 bits per heavy atom. The van der Waals surface area contributed by atoms with Gasteiger partial charge in [0, 0.05) is 17.2 Å². The van der Waals surface area contributed by atoms with E-state index in [0.717, 1.165) is 11.0 Å². The fourth-order valence-corrected chi connectivity index (χ4v) is 2.66. The molecular formula is C14H9N3O6. The zero-order valence-corrected chi connectivity index (χ0v) is 11.6. The number of carbonyl (C=O) groups is 5. The minimum absolute atomic E-state index is 0.0165. The summed E-state index contributed by atoms with van der Waals surface area (Å²) in [5.41, 5.74) is -0.165. The van der Waals surface area contributed by atoms with Gasteiger partial charge in [0.1, 0.15) is 6.04 Å². The van der Waals surface area contributed by atoms with Gasteiger partial charge in [-0.25, -0.2) is 0 Å². The van der Waals surface area contributed by atoms with Crippen LogP contribution in [0.3, 0.4) is 0 Å². The lowest BCUT2D eigenvalue weighted by molar-refractivity contribution is -0.136. The quantitative estimate of drug-likeness (QED) is 0.603. The molecule has 9 heteroatoms. The maximum Gasteiger partial charge on any atom is 0.316 e. The largest absolute Gasteiger partial charge is 0.316 e. The summed E-state index contributed by atoms with van der Waals surface area (Å²) in [6.07, 6.45) is 0.0560. The van der Waals surface area contributed by atoms with Crippen molar-refractivity contribution in [3.05, 3.63) is 39.8 Å². The van der Waals surface area contributed by atoms with E-state index in [4.69, 9.17) is 0 Å². The molecule has 0 radical (unpaired) electrons. The summed E-state index contributed by atoms with van der Waals surface area (Å²) in [5.74, 6) is -3.68. The van der Waals surface area contributed by atoms with Crippen molar-refractivity contribution >= 4 is 29.5 Å². The Balaban J connectivity index is 1.97. The first kappa shape index (κ1) is 14.7. The number of benzene rings is 1. The summed E-state index contributed by atoms with van der Waals surface area (Å²) in [5, 5.41) is 4.34. The highest BCUT2D eigenvalue weighted by Gasteiger charge is 2.44. The highest BCUT2D eigenvalue weighted by Crippen LogP contribution is 2.28. The molecular weight excluding hydrogens is 306 g/mol. The SMILES string of the molecule is O=NC(=O)c1ccc2c(c1)C(=O)N(C1CCC(=O)NC1=O)C2=O. The summed E-state index contributed by atoms with van der Waals surface area (Å²) >= 11 is 0. The minimum Gasteiger partial charge on any atom is -0.295 e. The van der Waals surface area contributed by atoms with Gasteiger partial charge in [0.05, 0.1) is 11.1 Å². The molecule has 2 heterocycles. The van der Waals surface area contributed by atoms with E-state index < -0.39 is 35.6 Å². The maximum absolute atomic E-state index is 12.4. The second kappa shape index (κ2) is 5.20. The first-order valence-corrected chi connectivity index (χ1v) is 6.67. The number of fused-ring (bicyclic) bond motifs is 1. The highest BCUT2D eigenvalue weighted by molar-refractivity contribution is 6.24. The summed E-state index contributed by atoms with van der Waals surface area (Å²) in [6, 6.07) is 2.47. The lowest BCUT2D eigenvalue weighted by Crippen LogP contribution is -2.54. The number of nitroso groups, excluding NO2 is 1. The normalized spacial score (nSPS) is 20.3. The molecule has 1 N–H and O–H groups in total. The van der Waals surface area contributed by atoms with E-state index >= 15 is 0 Å². The predicted molar refractivity (Wildman–Crippen MR) is 73.2 cm³/mol. The average molecular weight is 315 g/mol. The fraction of sp³-hybridized carbons (Fsp3) is 0.214. The number of imide groups is 2. The van der Waals surface area contributed by atoms with Crippen molar-refractivity contribution in [1.82, 2.24) is 10.2 Å². The Hall–Kier alpha value is -3.23. The van der Waals surface area contributed by atoms with Crippen molar-refractivity contribution in [2.45, 2.75) is 18.9 Å². The molecule has 1 fully saturated rings. The number of rotatable bonds is 2. The first-order chi connectivity index (χ1) is 10.9. The van der Waals surface area contributed by atoms with Crippen LogP contribution in [0.5, 0.6) is 0 Å². The number of amides is 5. The third-order valence-electron chi connectivity index (χ3n) is 3.77. The molecule has 1 atom stereocenters. The van der Waals surface area contributed by atoms with Gasteiger partial charge in [-0.3, -0.25) is 34.2 Å². The highest BCUT2D eigenvalue weighted by atomic mass is 16.3. The van der Waals surface area contributed by atoms with E-state index in [0.29, 0.717) is 0 Å². The van der Waals surface area contributed by atoms with Gasteiger partial charge in [0.2, 0.25) is 11.8 Å². The Bertz CT molecular complexity index is 800. The van der Waals surface area contributed by atoms with E-state index in [1.807, 2.05) is 0 Å². The molecule has 1 aromatic rings. The summed E-state index contributed by atoms with van der Waals surface area (Å²) in [6.45, 7) is 0.